The van der Waals surface area contributed by atoms with Crippen LogP contribution in [0.4, 0.5) is 0 Å². The minimum absolute atomic E-state index is 0.734. The highest BCUT2D eigenvalue weighted by Gasteiger charge is 2.37. The van der Waals surface area contributed by atoms with Gasteiger partial charge in [0.15, 0.2) is 0 Å². The Bertz CT molecular complexity index is 72.4. The zero-order valence-electron chi connectivity index (χ0n) is 4.22. The van der Waals surface area contributed by atoms with Gasteiger partial charge in [-0.3, -0.25) is 0 Å². The summed E-state index contributed by atoms with van der Waals surface area (Å²) in [5.74, 6) is 0. The van der Waals surface area contributed by atoms with Gasteiger partial charge >= 0.3 is 0 Å². The Morgan fingerprint density at radius 2 is 1.75 bits per heavy atom. The molecule has 0 spiro atoms. The molecule has 8 heavy (non-hydrogen) atoms. The molecule has 0 rings (SSSR count). The highest BCUT2D eigenvalue weighted by atomic mass is 35.8. The Labute approximate surface area is 70.3 Å². The topological polar surface area (TPSA) is 0 Å². The molecule has 0 unspecified atom stereocenters. The van der Waals surface area contributed by atoms with Gasteiger partial charge in [0.25, 0.3) is 13.1 Å². The molecule has 0 atom stereocenters. The van der Waals surface area contributed by atoms with Crippen molar-refractivity contribution in [1.29, 1.82) is 0 Å². The zero-order chi connectivity index (χ0) is 6.78. The van der Waals surface area contributed by atoms with Crippen LogP contribution in [-0.2, 0) is 0 Å². The van der Waals surface area contributed by atoms with Gasteiger partial charge in [0.2, 0.25) is 0 Å². The zero-order valence-corrected chi connectivity index (χ0v) is 9.24. The van der Waals surface area contributed by atoms with Gasteiger partial charge in [-0.05, 0) is 6.04 Å². The first-order valence-electron chi connectivity index (χ1n) is 2.07. The minimum atomic E-state index is -2.18. The monoisotopic (exact) mass is 225 g/mol. The van der Waals surface area contributed by atoms with Crippen molar-refractivity contribution in [2.75, 3.05) is 0 Å². The predicted molar refractivity (Wildman–Crippen MR) is 45.4 cm³/mol. The molecule has 0 amide bonds. The molecule has 0 aromatic heterocycles. The van der Waals surface area contributed by atoms with E-state index in [1.165, 1.54) is 0 Å². The maximum Gasteiger partial charge on any atom is 0.296 e. The predicted octanol–water partition coefficient (Wildman–Crippen LogP) is 2.97. The summed E-state index contributed by atoms with van der Waals surface area (Å²) >= 11 is 22.6. The number of rotatable bonds is 2. The molecule has 0 saturated carbocycles. The third-order valence-corrected chi connectivity index (χ3v) is 19.2. The standard InChI is InChI=1S/C2H5Cl4Si2/c1-2-8(5,6)7(3)4/h2H2,1H3. The van der Waals surface area contributed by atoms with Crippen LogP contribution in [0.25, 0.3) is 0 Å². The maximum absolute atomic E-state index is 5.74. The molecule has 0 aromatic rings. The van der Waals surface area contributed by atoms with Crippen LogP contribution in [0.3, 0.4) is 0 Å². The fraction of sp³-hybridized carbons (Fsp3) is 1.00. The number of halogens is 4. The molecule has 0 fully saturated rings. The molecule has 0 nitrogen and oxygen atoms in total. The van der Waals surface area contributed by atoms with E-state index in [1.54, 1.807) is 0 Å². The average molecular weight is 227 g/mol. The van der Waals surface area contributed by atoms with Crippen LogP contribution in [0, 0.1) is 0 Å². The molecule has 49 valence electrons. The number of hydrogen-bond acceptors (Lipinski definition) is 0. The smallest absolute Gasteiger partial charge is 0.147 e. The maximum atomic E-state index is 5.74. The molecule has 6 heteroatoms. The highest BCUT2D eigenvalue weighted by molar-refractivity contribution is 7.86. The average Bonchev–Trinajstić information content (AvgIpc) is 1.67. The van der Waals surface area contributed by atoms with E-state index in [0.29, 0.717) is 0 Å². The van der Waals surface area contributed by atoms with Crippen molar-refractivity contribution in [1.82, 2.24) is 0 Å². The van der Waals surface area contributed by atoms with Gasteiger partial charge in [0.1, 0.15) is 0 Å². The van der Waals surface area contributed by atoms with E-state index < -0.39 is 13.1 Å². The summed E-state index contributed by atoms with van der Waals surface area (Å²) in [6.45, 7) is 0.457. The lowest BCUT2D eigenvalue weighted by molar-refractivity contribution is 1.46. The summed E-state index contributed by atoms with van der Waals surface area (Å²) in [5, 5.41) is 0. The van der Waals surface area contributed by atoms with Crippen molar-refractivity contribution in [3.63, 3.8) is 0 Å². The Hall–Kier alpha value is 1.59. The molecule has 0 heterocycles. The van der Waals surface area contributed by atoms with Crippen molar-refractivity contribution >= 4 is 57.5 Å². The van der Waals surface area contributed by atoms with E-state index in [1.807, 2.05) is 6.92 Å². The van der Waals surface area contributed by atoms with Crippen molar-refractivity contribution in [2.45, 2.75) is 13.0 Å². The fourth-order valence-corrected chi connectivity index (χ4v) is 3.61. The van der Waals surface area contributed by atoms with Gasteiger partial charge in [0.05, 0.1) is 0 Å². The van der Waals surface area contributed by atoms with Crippen LogP contribution in [0.2, 0.25) is 6.04 Å². The van der Waals surface area contributed by atoms with Crippen molar-refractivity contribution in [3.05, 3.63) is 0 Å². The third-order valence-electron chi connectivity index (χ3n) is 0.721. The summed E-state index contributed by atoms with van der Waals surface area (Å²) < 4.78 is 0. The summed E-state index contributed by atoms with van der Waals surface area (Å²) in [6.07, 6.45) is -2.18. The van der Waals surface area contributed by atoms with E-state index in [0.717, 1.165) is 6.04 Å². The Morgan fingerprint density at radius 1 is 1.38 bits per heavy atom. The SMILES string of the molecule is CC[Si](Cl)(Cl)[Si](Cl)Cl. The van der Waals surface area contributed by atoms with Gasteiger partial charge in [0, 0.05) is 0 Å². The normalized spacial score (nSPS) is 12.8. The summed E-state index contributed by atoms with van der Waals surface area (Å²) in [4.78, 5) is 0. The van der Waals surface area contributed by atoms with Crippen molar-refractivity contribution in [2.24, 2.45) is 0 Å². The first kappa shape index (κ1) is 9.59. The Kier molecular flexibility index (Phi) is 4.42. The fourth-order valence-electron chi connectivity index (χ4n) is 0.134. The van der Waals surface area contributed by atoms with E-state index in [-0.39, 0.29) is 0 Å². The molecule has 1 radical (unpaired) electrons. The van der Waals surface area contributed by atoms with E-state index >= 15 is 0 Å². The molecule has 0 saturated heterocycles. The molecule has 0 bridgehead atoms. The quantitative estimate of drug-likeness (QED) is 0.502. The van der Waals surface area contributed by atoms with Gasteiger partial charge in [-0.2, -0.15) is 0 Å². The lowest BCUT2D eigenvalue weighted by Gasteiger charge is -2.10. The minimum Gasteiger partial charge on any atom is -0.147 e. The first-order valence-corrected chi connectivity index (χ1v) is 10.8. The number of hydrogen-bond donors (Lipinski definition) is 0. The molecule has 0 N–H and O–H groups in total. The molecule has 0 aliphatic heterocycles. The Balaban J connectivity index is 3.71. The van der Waals surface area contributed by atoms with Crippen LogP contribution in [0.15, 0.2) is 0 Å². The van der Waals surface area contributed by atoms with Crippen LogP contribution in [0.1, 0.15) is 6.92 Å². The summed E-state index contributed by atoms with van der Waals surface area (Å²) in [6, 6.07) is 0.734. The first-order chi connectivity index (χ1) is 3.50. The van der Waals surface area contributed by atoms with Crippen molar-refractivity contribution < 1.29 is 0 Å². The summed E-state index contributed by atoms with van der Waals surface area (Å²) in [5.41, 5.74) is 0. The second kappa shape index (κ2) is 3.69. The van der Waals surface area contributed by atoms with Gasteiger partial charge < -0.3 is 0 Å². The van der Waals surface area contributed by atoms with Crippen LogP contribution >= 0.6 is 44.3 Å². The molecular formula is C2H5Cl4Si2. The van der Waals surface area contributed by atoms with Crippen molar-refractivity contribution in [3.8, 4) is 0 Å². The molecule has 0 aliphatic carbocycles. The summed E-state index contributed by atoms with van der Waals surface area (Å²) in [7, 11) is 0. The highest BCUT2D eigenvalue weighted by Crippen LogP contribution is 2.26. The van der Waals surface area contributed by atoms with E-state index in [2.05, 4.69) is 0 Å². The second-order valence-electron chi connectivity index (χ2n) is 1.32. The van der Waals surface area contributed by atoms with Crippen LogP contribution in [0.5, 0.6) is 0 Å². The third kappa shape index (κ3) is 2.94. The lowest BCUT2D eigenvalue weighted by Crippen LogP contribution is -2.31. The van der Waals surface area contributed by atoms with E-state index in [9.17, 15) is 0 Å². The molecule has 0 aliphatic rings. The van der Waals surface area contributed by atoms with Gasteiger partial charge in [-0.1, -0.05) is 6.92 Å². The van der Waals surface area contributed by atoms with Gasteiger partial charge in [-0.15, -0.1) is 44.3 Å². The largest absolute Gasteiger partial charge is 0.296 e. The molecular weight excluding hydrogens is 222 g/mol. The molecule has 0 aromatic carbocycles. The second-order valence-corrected chi connectivity index (χ2v) is 19.1. The lowest BCUT2D eigenvalue weighted by atomic mass is 11.0. The Morgan fingerprint density at radius 3 is 1.75 bits per heavy atom. The van der Waals surface area contributed by atoms with Gasteiger partial charge in [-0.25, -0.2) is 0 Å². The van der Waals surface area contributed by atoms with E-state index in [4.69, 9.17) is 44.3 Å². The van der Waals surface area contributed by atoms with Crippen LogP contribution < -0.4 is 0 Å². The van der Waals surface area contributed by atoms with Crippen LogP contribution in [-0.4, -0.2) is 13.1 Å².